The van der Waals surface area contributed by atoms with Crippen molar-refractivity contribution in [1.29, 1.82) is 0 Å². The van der Waals surface area contributed by atoms with E-state index >= 15 is 0 Å². The van der Waals surface area contributed by atoms with Crippen LogP contribution in [0, 0.1) is 6.92 Å². The second-order valence-electron chi connectivity index (χ2n) is 29.9. The monoisotopic (exact) mass is 967 g/mol. The van der Waals surface area contributed by atoms with E-state index in [4.69, 9.17) is 4.42 Å². The molecule has 3 aliphatic carbocycles. The topological polar surface area (TPSA) is 19.6 Å². The molecule has 6 aromatic carbocycles. The molecule has 5 aliphatic rings. The van der Waals surface area contributed by atoms with Gasteiger partial charge in [-0.3, -0.25) is 0 Å². The molecule has 0 saturated carbocycles. The molecule has 0 bridgehead atoms. The molecule has 1 aromatic heterocycles. The highest BCUT2D eigenvalue weighted by Gasteiger charge is 2.49. The number of fused-ring (bicyclic) bond motifs is 10. The molecule has 3 heterocycles. The zero-order valence-electron chi connectivity index (χ0n) is 48.2. The van der Waals surface area contributed by atoms with Crippen LogP contribution in [-0.2, 0) is 43.3 Å². The Morgan fingerprint density at radius 3 is 1.41 bits per heavy atom. The quantitative estimate of drug-likeness (QED) is 0.161. The molecule has 7 aromatic rings. The zero-order chi connectivity index (χ0) is 52.3. The summed E-state index contributed by atoms with van der Waals surface area (Å²) in [5.74, 6) is 0. The van der Waals surface area contributed by atoms with Gasteiger partial charge in [0.15, 0.2) is 0 Å². The van der Waals surface area contributed by atoms with Crippen LogP contribution in [0.15, 0.2) is 89.3 Å². The Bertz CT molecular complexity index is 3520. The molecular weight excluding hydrogens is 884 g/mol. The van der Waals surface area contributed by atoms with Crippen LogP contribution >= 0.6 is 0 Å². The highest BCUT2D eigenvalue weighted by Crippen LogP contribution is 2.55. The van der Waals surface area contributed by atoms with Gasteiger partial charge in [-0.25, -0.2) is 0 Å². The number of hydrogen-bond donors (Lipinski definition) is 0. The minimum atomic E-state index is -0.131. The van der Waals surface area contributed by atoms with Crippen LogP contribution in [0.4, 0.5) is 34.1 Å². The first-order chi connectivity index (χ1) is 33.8. The van der Waals surface area contributed by atoms with Crippen LogP contribution in [0.5, 0.6) is 0 Å². The summed E-state index contributed by atoms with van der Waals surface area (Å²) in [6.07, 6.45) is 7.05. The first-order valence-corrected chi connectivity index (χ1v) is 28.1. The lowest BCUT2D eigenvalue weighted by Crippen LogP contribution is -2.62. The van der Waals surface area contributed by atoms with Crippen molar-refractivity contribution >= 4 is 79.2 Å². The van der Waals surface area contributed by atoms with E-state index in [9.17, 15) is 0 Å². The predicted molar refractivity (Wildman–Crippen MR) is 316 cm³/mol. The molecule has 0 radical (unpaired) electrons. The van der Waals surface area contributed by atoms with Crippen LogP contribution in [0.1, 0.15) is 213 Å². The highest BCUT2D eigenvalue weighted by atomic mass is 16.3. The van der Waals surface area contributed by atoms with E-state index in [1.54, 1.807) is 0 Å². The normalized spacial score (nSPS) is 20.5. The Kier molecular flexibility index (Phi) is 10.0. The van der Waals surface area contributed by atoms with Crippen LogP contribution < -0.4 is 26.2 Å². The molecule has 0 spiro atoms. The van der Waals surface area contributed by atoms with Crippen molar-refractivity contribution in [2.45, 2.75) is 213 Å². The predicted octanol–water partition coefficient (Wildman–Crippen LogP) is 17.6. The molecule has 378 valence electrons. The summed E-state index contributed by atoms with van der Waals surface area (Å²) in [5.41, 5.74) is 27.0. The Labute approximate surface area is 439 Å². The smallest absolute Gasteiger partial charge is 0.252 e. The average molecular weight is 967 g/mol. The number of nitrogens with zero attached hydrogens (tertiary/aromatic N) is 2. The molecule has 0 atom stereocenters. The van der Waals surface area contributed by atoms with Crippen molar-refractivity contribution in [3.8, 4) is 0 Å². The van der Waals surface area contributed by atoms with Gasteiger partial charge in [0.05, 0.1) is 0 Å². The van der Waals surface area contributed by atoms with Gasteiger partial charge in [-0.05, 0) is 216 Å². The van der Waals surface area contributed by atoms with Crippen molar-refractivity contribution in [1.82, 2.24) is 0 Å². The molecule has 0 unspecified atom stereocenters. The number of anilines is 6. The van der Waals surface area contributed by atoms with Crippen LogP contribution in [0.3, 0.4) is 0 Å². The third kappa shape index (κ3) is 7.17. The Balaban J connectivity index is 1.25. The van der Waals surface area contributed by atoms with Crippen molar-refractivity contribution < 1.29 is 4.42 Å². The van der Waals surface area contributed by atoms with E-state index in [0.717, 1.165) is 17.6 Å². The number of furan rings is 1. The largest absolute Gasteiger partial charge is 0.456 e. The third-order valence-corrected chi connectivity index (χ3v) is 19.9. The first kappa shape index (κ1) is 48.7. The molecule has 3 nitrogen and oxygen atoms in total. The van der Waals surface area contributed by atoms with Crippen molar-refractivity contribution in [2.24, 2.45) is 0 Å². The second-order valence-corrected chi connectivity index (χ2v) is 29.9. The molecule has 12 rings (SSSR count). The van der Waals surface area contributed by atoms with Gasteiger partial charge < -0.3 is 14.2 Å². The molecule has 0 fully saturated rings. The van der Waals surface area contributed by atoms with E-state index in [2.05, 4.69) is 226 Å². The van der Waals surface area contributed by atoms with Gasteiger partial charge in [0.2, 0.25) is 0 Å². The van der Waals surface area contributed by atoms with E-state index in [0.29, 0.717) is 0 Å². The SMILES string of the molecule is Cc1cc2c(cc1N1c3cc4c(cc3B3c5cc6c(cc5N(c5ccc7c(c5)C(C)(C)CCC7(C)C)c5cc(C(C)(C)C)cc1c53)C(C)(C)CCC6(C)C)oc1ccc(C(C)(C)C)cc14)C(C)(C)CCC2(C)C. The molecule has 4 heteroatoms. The van der Waals surface area contributed by atoms with Crippen molar-refractivity contribution in [2.75, 3.05) is 9.80 Å². The molecule has 2 aliphatic heterocycles. The molecule has 73 heavy (non-hydrogen) atoms. The van der Waals surface area contributed by atoms with Gasteiger partial charge >= 0.3 is 0 Å². The average Bonchev–Trinajstić information content (AvgIpc) is 3.66. The Hall–Kier alpha value is -5.22. The summed E-state index contributed by atoms with van der Waals surface area (Å²) in [6, 6.07) is 35.3. The van der Waals surface area contributed by atoms with Gasteiger partial charge in [-0.1, -0.05) is 149 Å². The van der Waals surface area contributed by atoms with E-state index in [1.807, 2.05) is 0 Å². The summed E-state index contributed by atoms with van der Waals surface area (Å²) < 4.78 is 7.06. The highest BCUT2D eigenvalue weighted by molar-refractivity contribution is 7.00. The zero-order valence-corrected chi connectivity index (χ0v) is 48.2. The Morgan fingerprint density at radius 2 is 0.849 bits per heavy atom. The maximum Gasteiger partial charge on any atom is 0.252 e. The maximum atomic E-state index is 7.06. The summed E-state index contributed by atoms with van der Waals surface area (Å²) in [5, 5.41) is 2.38. The molecular formula is C69H83BN2O. The van der Waals surface area contributed by atoms with Crippen molar-refractivity contribution in [3.63, 3.8) is 0 Å². The standard InChI is InChI=1S/C69H83BN2O/c1-40-30-47-50(68(16,17)28-26-65(47,10)11)37-54(40)72-55-35-45-44-31-41(62(2,3)4)20-23-59(44)73-60(45)39-53(55)70-52-36-49-51(69(18,19)29-27-67(49,14)15)38-56(52)71(57-32-42(63(5,6)7)33-58(72)61(57)70)43-21-22-46-48(34-43)66(12,13)25-24-64(46,8)9/h20-23,30-39H,24-29H2,1-19H3. The minimum Gasteiger partial charge on any atom is -0.456 e. The van der Waals surface area contributed by atoms with Gasteiger partial charge in [-0.2, -0.15) is 0 Å². The number of benzene rings is 6. The van der Waals surface area contributed by atoms with Gasteiger partial charge in [0, 0.05) is 44.9 Å². The fourth-order valence-electron chi connectivity index (χ4n) is 14.4. The summed E-state index contributed by atoms with van der Waals surface area (Å²) >= 11 is 0. The van der Waals surface area contributed by atoms with E-state index in [-0.39, 0.29) is 50.0 Å². The fourth-order valence-corrected chi connectivity index (χ4v) is 14.4. The van der Waals surface area contributed by atoms with Gasteiger partial charge in [0.25, 0.3) is 6.71 Å². The maximum absolute atomic E-state index is 7.06. The second kappa shape index (κ2) is 15.0. The fraction of sp³-hybridized carbons (Fsp3) is 0.478. The van der Waals surface area contributed by atoms with Crippen LogP contribution in [-0.4, -0.2) is 6.71 Å². The van der Waals surface area contributed by atoms with Crippen molar-refractivity contribution in [3.05, 3.63) is 135 Å². The van der Waals surface area contributed by atoms with Gasteiger partial charge in [-0.15, -0.1) is 0 Å². The number of aryl methyl sites for hydroxylation is 1. The lowest BCUT2D eigenvalue weighted by atomic mass is 9.33. The number of rotatable bonds is 2. The van der Waals surface area contributed by atoms with E-state index < -0.39 is 0 Å². The summed E-state index contributed by atoms with van der Waals surface area (Å²) in [4.78, 5) is 5.46. The summed E-state index contributed by atoms with van der Waals surface area (Å²) in [7, 11) is 0. The lowest BCUT2D eigenvalue weighted by molar-refractivity contribution is 0.332. The Morgan fingerprint density at radius 1 is 0.397 bits per heavy atom. The van der Waals surface area contributed by atoms with Crippen LogP contribution in [0.2, 0.25) is 0 Å². The van der Waals surface area contributed by atoms with E-state index in [1.165, 1.54) is 143 Å². The van der Waals surface area contributed by atoms with Crippen LogP contribution in [0.25, 0.3) is 21.9 Å². The number of hydrogen-bond acceptors (Lipinski definition) is 3. The first-order valence-electron chi connectivity index (χ1n) is 28.1. The minimum absolute atomic E-state index is 0.000716. The molecule has 0 amide bonds. The third-order valence-electron chi connectivity index (χ3n) is 19.9. The molecule has 0 N–H and O–H groups in total. The lowest BCUT2D eigenvalue weighted by Gasteiger charge is -2.48. The van der Waals surface area contributed by atoms with Gasteiger partial charge in [0.1, 0.15) is 11.2 Å². The summed E-state index contributed by atoms with van der Waals surface area (Å²) in [6.45, 7) is 46.3. The molecule has 0 saturated heterocycles.